The van der Waals surface area contributed by atoms with Gasteiger partial charge in [0.2, 0.25) is 0 Å². The molecule has 0 saturated carbocycles. The topological polar surface area (TPSA) is 66.4 Å². The maximum absolute atomic E-state index is 12.5. The maximum atomic E-state index is 12.5. The second kappa shape index (κ2) is 6.34. The predicted molar refractivity (Wildman–Crippen MR) is 93.1 cm³/mol. The van der Waals surface area contributed by atoms with Crippen LogP contribution in [0.3, 0.4) is 0 Å². The van der Waals surface area contributed by atoms with Crippen molar-refractivity contribution in [1.29, 1.82) is 0 Å². The molecule has 0 saturated heterocycles. The first-order valence-corrected chi connectivity index (χ1v) is 8.95. The highest BCUT2D eigenvalue weighted by molar-refractivity contribution is 7.92. The SMILES string of the molecule is Cc1ccc(CO)cc1NS(=O)(=O)c1ccc(C(C)(C)C)cc1. The first-order chi connectivity index (χ1) is 10.6. The first-order valence-electron chi connectivity index (χ1n) is 7.47. The van der Waals surface area contributed by atoms with Gasteiger partial charge in [0, 0.05) is 0 Å². The molecule has 124 valence electrons. The molecule has 0 atom stereocenters. The van der Waals surface area contributed by atoms with Crippen LogP contribution in [0.5, 0.6) is 0 Å². The number of hydrogen-bond acceptors (Lipinski definition) is 3. The minimum Gasteiger partial charge on any atom is -0.392 e. The number of anilines is 1. The molecule has 2 aromatic rings. The summed E-state index contributed by atoms with van der Waals surface area (Å²) in [6.07, 6.45) is 0. The van der Waals surface area contributed by atoms with Crippen LogP contribution in [0.2, 0.25) is 0 Å². The molecule has 0 heterocycles. The summed E-state index contributed by atoms with van der Waals surface area (Å²) in [5, 5.41) is 9.20. The van der Waals surface area contributed by atoms with Gasteiger partial charge in [0.25, 0.3) is 10.0 Å². The van der Waals surface area contributed by atoms with Crippen LogP contribution in [0, 0.1) is 6.92 Å². The smallest absolute Gasteiger partial charge is 0.261 e. The highest BCUT2D eigenvalue weighted by Gasteiger charge is 2.18. The Morgan fingerprint density at radius 2 is 1.65 bits per heavy atom. The highest BCUT2D eigenvalue weighted by atomic mass is 32.2. The Morgan fingerprint density at radius 3 is 2.17 bits per heavy atom. The van der Waals surface area contributed by atoms with Crippen molar-refractivity contribution in [3.05, 3.63) is 59.2 Å². The van der Waals surface area contributed by atoms with Gasteiger partial charge in [-0.3, -0.25) is 4.72 Å². The lowest BCUT2D eigenvalue weighted by Crippen LogP contribution is -2.15. The van der Waals surface area contributed by atoms with E-state index in [1.165, 1.54) is 0 Å². The fourth-order valence-electron chi connectivity index (χ4n) is 2.22. The Morgan fingerprint density at radius 1 is 1.04 bits per heavy atom. The molecule has 0 aliphatic heterocycles. The lowest BCUT2D eigenvalue weighted by molar-refractivity contribution is 0.282. The molecule has 4 nitrogen and oxygen atoms in total. The van der Waals surface area contributed by atoms with Gasteiger partial charge in [0.15, 0.2) is 0 Å². The molecule has 0 bridgehead atoms. The van der Waals surface area contributed by atoms with Crippen molar-refractivity contribution in [2.24, 2.45) is 0 Å². The zero-order valence-corrected chi connectivity index (χ0v) is 14.7. The Labute approximate surface area is 138 Å². The molecule has 0 aliphatic carbocycles. The van der Waals surface area contributed by atoms with Gasteiger partial charge >= 0.3 is 0 Å². The minimum absolute atomic E-state index is 0.0260. The zero-order chi connectivity index (χ0) is 17.3. The van der Waals surface area contributed by atoms with Gasteiger partial charge < -0.3 is 5.11 Å². The van der Waals surface area contributed by atoms with Crippen molar-refractivity contribution in [3.8, 4) is 0 Å². The van der Waals surface area contributed by atoms with Gasteiger partial charge in [0.1, 0.15) is 0 Å². The fraction of sp³-hybridized carbons (Fsp3) is 0.333. The number of nitrogens with one attached hydrogen (secondary N) is 1. The van der Waals surface area contributed by atoms with Crippen molar-refractivity contribution in [3.63, 3.8) is 0 Å². The van der Waals surface area contributed by atoms with E-state index in [0.717, 1.165) is 11.1 Å². The van der Waals surface area contributed by atoms with Crippen LogP contribution in [0.4, 0.5) is 5.69 Å². The molecule has 0 spiro atoms. The summed E-state index contributed by atoms with van der Waals surface area (Å²) in [5.41, 5.74) is 3.00. The summed E-state index contributed by atoms with van der Waals surface area (Å²) in [6, 6.07) is 12.1. The molecule has 0 fully saturated rings. The van der Waals surface area contributed by atoms with Crippen LogP contribution < -0.4 is 4.72 Å². The lowest BCUT2D eigenvalue weighted by Gasteiger charge is -2.19. The average Bonchev–Trinajstić information content (AvgIpc) is 2.48. The standard InChI is InChI=1S/C18H23NO3S/c1-13-5-6-14(12-20)11-17(13)19-23(21,22)16-9-7-15(8-10-16)18(2,3)4/h5-11,19-20H,12H2,1-4H3. The van der Waals surface area contributed by atoms with Crippen molar-refractivity contribution in [2.45, 2.75) is 44.6 Å². The van der Waals surface area contributed by atoms with Crippen molar-refractivity contribution >= 4 is 15.7 Å². The number of aryl methyl sites for hydroxylation is 1. The summed E-state index contributed by atoms with van der Waals surface area (Å²) in [4.78, 5) is 0.222. The van der Waals surface area contributed by atoms with E-state index in [1.807, 2.05) is 19.1 Å². The van der Waals surface area contributed by atoms with Crippen LogP contribution in [-0.2, 0) is 22.0 Å². The molecule has 0 radical (unpaired) electrons. The van der Waals surface area contributed by atoms with E-state index in [9.17, 15) is 13.5 Å². The third kappa shape index (κ3) is 4.12. The van der Waals surface area contributed by atoms with E-state index < -0.39 is 10.0 Å². The summed E-state index contributed by atoms with van der Waals surface area (Å²) < 4.78 is 27.7. The normalized spacial score (nSPS) is 12.2. The van der Waals surface area contributed by atoms with E-state index in [1.54, 1.807) is 30.3 Å². The molecule has 23 heavy (non-hydrogen) atoms. The Balaban J connectivity index is 2.32. The molecule has 5 heteroatoms. The number of hydrogen-bond donors (Lipinski definition) is 2. The lowest BCUT2D eigenvalue weighted by atomic mass is 9.87. The van der Waals surface area contributed by atoms with Gasteiger partial charge in [-0.2, -0.15) is 0 Å². The first kappa shape index (κ1) is 17.5. The van der Waals surface area contributed by atoms with Gasteiger partial charge in [-0.05, 0) is 47.2 Å². The van der Waals surface area contributed by atoms with Gasteiger partial charge in [-0.15, -0.1) is 0 Å². The number of sulfonamides is 1. The Hall–Kier alpha value is -1.85. The second-order valence-corrected chi connectivity index (χ2v) is 8.37. The molecule has 2 aromatic carbocycles. The van der Waals surface area contributed by atoms with Gasteiger partial charge in [0.05, 0.1) is 17.2 Å². The summed E-state index contributed by atoms with van der Waals surface area (Å²) in [6.45, 7) is 7.94. The van der Waals surface area contributed by atoms with Crippen molar-refractivity contribution < 1.29 is 13.5 Å². The minimum atomic E-state index is -3.65. The number of aliphatic hydroxyl groups excluding tert-OH is 1. The summed E-state index contributed by atoms with van der Waals surface area (Å²) >= 11 is 0. The van der Waals surface area contributed by atoms with Crippen LogP contribution in [0.1, 0.15) is 37.5 Å². The van der Waals surface area contributed by atoms with Crippen LogP contribution in [-0.4, -0.2) is 13.5 Å². The molecule has 0 aliphatic rings. The Bertz CT molecular complexity index is 788. The van der Waals surface area contributed by atoms with Crippen LogP contribution in [0.15, 0.2) is 47.4 Å². The molecular weight excluding hydrogens is 310 g/mol. The molecule has 2 rings (SSSR count). The predicted octanol–water partition coefficient (Wildman–Crippen LogP) is 3.59. The number of benzene rings is 2. The van der Waals surface area contributed by atoms with Crippen LogP contribution >= 0.6 is 0 Å². The summed E-state index contributed by atoms with van der Waals surface area (Å²) in [5.74, 6) is 0. The molecule has 0 aromatic heterocycles. The monoisotopic (exact) mass is 333 g/mol. The van der Waals surface area contributed by atoms with Gasteiger partial charge in [-0.25, -0.2) is 8.42 Å². The quantitative estimate of drug-likeness (QED) is 0.898. The molecule has 0 amide bonds. The van der Waals surface area contributed by atoms with Crippen molar-refractivity contribution in [1.82, 2.24) is 0 Å². The van der Waals surface area contributed by atoms with E-state index in [-0.39, 0.29) is 16.9 Å². The molecular formula is C18H23NO3S. The van der Waals surface area contributed by atoms with E-state index in [2.05, 4.69) is 25.5 Å². The number of rotatable bonds is 4. The number of aliphatic hydroxyl groups is 1. The third-order valence-electron chi connectivity index (χ3n) is 3.76. The highest BCUT2D eigenvalue weighted by Crippen LogP contribution is 2.25. The average molecular weight is 333 g/mol. The third-order valence-corrected chi connectivity index (χ3v) is 5.14. The zero-order valence-electron chi connectivity index (χ0n) is 13.9. The summed E-state index contributed by atoms with van der Waals surface area (Å²) in [7, 11) is -3.65. The van der Waals surface area contributed by atoms with Crippen LogP contribution in [0.25, 0.3) is 0 Å². The van der Waals surface area contributed by atoms with Gasteiger partial charge in [-0.1, -0.05) is 45.0 Å². The van der Waals surface area contributed by atoms with Crippen molar-refractivity contribution in [2.75, 3.05) is 4.72 Å². The van der Waals surface area contributed by atoms with E-state index in [0.29, 0.717) is 11.3 Å². The fourth-order valence-corrected chi connectivity index (χ4v) is 3.34. The Kier molecular flexibility index (Phi) is 4.82. The van der Waals surface area contributed by atoms with E-state index in [4.69, 9.17) is 0 Å². The second-order valence-electron chi connectivity index (χ2n) is 6.69. The maximum Gasteiger partial charge on any atom is 0.261 e. The molecule has 0 unspecified atom stereocenters. The van der Waals surface area contributed by atoms with E-state index >= 15 is 0 Å². The largest absolute Gasteiger partial charge is 0.392 e. The molecule has 2 N–H and O–H groups in total.